The van der Waals surface area contributed by atoms with Crippen molar-refractivity contribution in [3.63, 3.8) is 0 Å². The summed E-state index contributed by atoms with van der Waals surface area (Å²) in [6.45, 7) is 5.49. The molecule has 0 heterocycles. The summed E-state index contributed by atoms with van der Waals surface area (Å²) in [6.07, 6.45) is 3.14. The van der Waals surface area contributed by atoms with E-state index in [0.717, 1.165) is 6.61 Å². The van der Waals surface area contributed by atoms with Gasteiger partial charge in [0.1, 0.15) is 0 Å². The molecule has 0 aliphatic carbocycles. The first-order valence-corrected chi connectivity index (χ1v) is 3.39. The van der Waals surface area contributed by atoms with E-state index in [-0.39, 0.29) is 0 Å². The molecule has 0 rings (SSSR count). The van der Waals surface area contributed by atoms with Gasteiger partial charge in [0.2, 0.25) is 0 Å². The van der Waals surface area contributed by atoms with E-state index in [2.05, 4.69) is 13.8 Å². The van der Waals surface area contributed by atoms with Crippen molar-refractivity contribution in [2.45, 2.75) is 13.8 Å². The number of rotatable bonds is 4. The van der Waals surface area contributed by atoms with E-state index < -0.39 is 0 Å². The van der Waals surface area contributed by atoms with Gasteiger partial charge in [0.15, 0.2) is 0 Å². The summed E-state index contributed by atoms with van der Waals surface area (Å²) in [5, 5.41) is 8.08. The van der Waals surface area contributed by atoms with Crippen LogP contribution < -0.4 is 0 Å². The molecule has 0 bridgehead atoms. The maximum absolute atomic E-state index is 8.08. The van der Waals surface area contributed by atoms with E-state index in [1.807, 2.05) is 6.07 Å². The zero-order valence-corrected chi connectivity index (χ0v) is 6.50. The third-order valence-corrected chi connectivity index (χ3v) is 0.858. The van der Waals surface area contributed by atoms with Gasteiger partial charge in [0.05, 0.1) is 12.7 Å². The predicted octanol–water partition coefficient (Wildman–Crippen LogP) is 1.74. The molecule has 0 amide bonds. The van der Waals surface area contributed by atoms with Gasteiger partial charge >= 0.3 is 0 Å². The van der Waals surface area contributed by atoms with Crippen LogP contribution in [0.1, 0.15) is 13.8 Å². The number of nitriles is 1. The Bertz CT molecular complexity index is 133. The Labute approximate surface area is 62.1 Å². The molecule has 0 aromatic carbocycles. The quantitative estimate of drug-likeness (QED) is 0.439. The van der Waals surface area contributed by atoms with E-state index in [1.165, 1.54) is 6.08 Å². The molecule has 0 N–H and O–H groups in total. The lowest BCUT2D eigenvalue weighted by molar-refractivity contribution is 0.135. The van der Waals surface area contributed by atoms with Crippen LogP contribution >= 0.6 is 0 Å². The van der Waals surface area contributed by atoms with Crippen molar-refractivity contribution in [1.29, 1.82) is 5.26 Å². The molecule has 0 aliphatic rings. The Hall–Kier alpha value is -0.810. The molecule has 0 aliphatic heterocycles. The molecule has 0 unspecified atom stereocenters. The van der Waals surface area contributed by atoms with Crippen LogP contribution in [0, 0.1) is 17.2 Å². The minimum Gasteiger partial charge on any atom is -0.377 e. The number of hydrogen-bond donors (Lipinski definition) is 0. The second-order valence-electron chi connectivity index (χ2n) is 2.46. The van der Waals surface area contributed by atoms with Crippen molar-refractivity contribution in [2.75, 3.05) is 13.2 Å². The van der Waals surface area contributed by atoms with Crippen molar-refractivity contribution in [3.05, 3.63) is 12.2 Å². The molecule has 0 radical (unpaired) electrons. The minimum atomic E-state index is 0.547. The van der Waals surface area contributed by atoms with Gasteiger partial charge in [0, 0.05) is 12.7 Å². The van der Waals surface area contributed by atoms with Crippen molar-refractivity contribution in [1.82, 2.24) is 0 Å². The summed E-state index contributed by atoms with van der Waals surface area (Å²) < 4.78 is 5.16. The standard InChI is InChI=1S/C8H13NO/c1-8(2)7-10-6-4-3-5-9/h3-4,8H,6-7H2,1-2H3/b4-3+. The van der Waals surface area contributed by atoms with E-state index in [4.69, 9.17) is 10.00 Å². The average Bonchev–Trinajstić information content (AvgIpc) is 1.87. The topological polar surface area (TPSA) is 33.0 Å². The lowest BCUT2D eigenvalue weighted by Crippen LogP contribution is -2.00. The third-order valence-electron chi connectivity index (χ3n) is 0.858. The lowest BCUT2D eigenvalue weighted by atomic mass is 10.2. The fourth-order valence-electron chi connectivity index (χ4n) is 0.473. The van der Waals surface area contributed by atoms with Crippen molar-refractivity contribution in [2.24, 2.45) is 5.92 Å². The Kier molecular flexibility index (Phi) is 5.80. The summed E-state index contributed by atoms with van der Waals surface area (Å²) in [6, 6.07) is 1.90. The molecule has 0 saturated heterocycles. The largest absolute Gasteiger partial charge is 0.377 e. The van der Waals surface area contributed by atoms with E-state index in [9.17, 15) is 0 Å². The fourth-order valence-corrected chi connectivity index (χ4v) is 0.473. The fraction of sp³-hybridized carbons (Fsp3) is 0.625. The highest BCUT2D eigenvalue weighted by molar-refractivity contribution is 5.01. The maximum Gasteiger partial charge on any atom is 0.0909 e. The van der Waals surface area contributed by atoms with E-state index in [0.29, 0.717) is 12.5 Å². The van der Waals surface area contributed by atoms with Crippen LogP contribution in [-0.4, -0.2) is 13.2 Å². The smallest absolute Gasteiger partial charge is 0.0909 e. The van der Waals surface area contributed by atoms with Crippen LogP contribution in [0.3, 0.4) is 0 Å². The molecule has 0 aromatic rings. The molecule has 2 heteroatoms. The lowest BCUT2D eigenvalue weighted by Gasteiger charge is -2.02. The Balaban J connectivity index is 3.07. The van der Waals surface area contributed by atoms with Gasteiger partial charge in [-0.1, -0.05) is 13.8 Å². The summed E-state index contributed by atoms with van der Waals surface area (Å²) in [4.78, 5) is 0. The second-order valence-corrected chi connectivity index (χ2v) is 2.46. The summed E-state index contributed by atoms with van der Waals surface area (Å²) >= 11 is 0. The van der Waals surface area contributed by atoms with E-state index >= 15 is 0 Å². The summed E-state index contributed by atoms with van der Waals surface area (Å²) in [7, 11) is 0. The van der Waals surface area contributed by atoms with Gasteiger partial charge in [-0.3, -0.25) is 0 Å². The third kappa shape index (κ3) is 7.19. The van der Waals surface area contributed by atoms with Crippen LogP contribution in [0.25, 0.3) is 0 Å². The average molecular weight is 139 g/mol. The highest BCUT2D eigenvalue weighted by Crippen LogP contribution is 1.91. The Morgan fingerprint density at radius 1 is 1.60 bits per heavy atom. The van der Waals surface area contributed by atoms with Gasteiger partial charge in [-0.15, -0.1) is 0 Å². The molecule has 10 heavy (non-hydrogen) atoms. The highest BCUT2D eigenvalue weighted by Gasteiger charge is 1.89. The van der Waals surface area contributed by atoms with E-state index in [1.54, 1.807) is 6.08 Å². The molecule has 56 valence electrons. The molecule has 0 aromatic heterocycles. The molecule has 0 spiro atoms. The molecular formula is C8H13NO. The van der Waals surface area contributed by atoms with Gasteiger partial charge in [0.25, 0.3) is 0 Å². The first-order valence-electron chi connectivity index (χ1n) is 3.39. The summed E-state index contributed by atoms with van der Waals surface area (Å²) in [5.74, 6) is 0.565. The van der Waals surface area contributed by atoms with Crippen molar-refractivity contribution < 1.29 is 4.74 Å². The van der Waals surface area contributed by atoms with Gasteiger partial charge in [-0.05, 0) is 12.0 Å². The van der Waals surface area contributed by atoms with Crippen molar-refractivity contribution >= 4 is 0 Å². The summed E-state index contributed by atoms with van der Waals surface area (Å²) in [5.41, 5.74) is 0. The minimum absolute atomic E-state index is 0.547. The molecular weight excluding hydrogens is 126 g/mol. The molecule has 0 fully saturated rings. The highest BCUT2D eigenvalue weighted by atomic mass is 16.5. The zero-order valence-electron chi connectivity index (χ0n) is 6.50. The van der Waals surface area contributed by atoms with Gasteiger partial charge in [-0.25, -0.2) is 0 Å². The second kappa shape index (κ2) is 6.31. The molecule has 0 atom stereocenters. The molecule has 0 saturated carbocycles. The number of hydrogen-bond acceptors (Lipinski definition) is 2. The first kappa shape index (κ1) is 9.19. The normalized spacial score (nSPS) is 10.6. The zero-order chi connectivity index (χ0) is 7.82. The number of nitrogens with zero attached hydrogens (tertiary/aromatic N) is 1. The van der Waals surface area contributed by atoms with Crippen LogP contribution in [0.4, 0.5) is 0 Å². The van der Waals surface area contributed by atoms with Crippen LogP contribution in [0.5, 0.6) is 0 Å². The SMILES string of the molecule is CC(C)COC/C=C/C#N. The number of ether oxygens (including phenoxy) is 1. The van der Waals surface area contributed by atoms with Gasteiger partial charge in [-0.2, -0.15) is 5.26 Å². The van der Waals surface area contributed by atoms with Gasteiger partial charge < -0.3 is 4.74 Å². The first-order chi connectivity index (χ1) is 4.77. The monoisotopic (exact) mass is 139 g/mol. The van der Waals surface area contributed by atoms with Crippen LogP contribution in [0.15, 0.2) is 12.2 Å². The Morgan fingerprint density at radius 2 is 2.30 bits per heavy atom. The van der Waals surface area contributed by atoms with Crippen LogP contribution in [0.2, 0.25) is 0 Å². The predicted molar refractivity (Wildman–Crippen MR) is 40.4 cm³/mol. The Morgan fingerprint density at radius 3 is 2.80 bits per heavy atom. The molecule has 2 nitrogen and oxygen atoms in total. The van der Waals surface area contributed by atoms with Crippen LogP contribution in [-0.2, 0) is 4.74 Å². The number of allylic oxidation sites excluding steroid dienone is 1. The van der Waals surface area contributed by atoms with Crippen molar-refractivity contribution in [3.8, 4) is 6.07 Å². The maximum atomic E-state index is 8.08.